The maximum Gasteiger partial charge on any atom is 0.242 e. The van der Waals surface area contributed by atoms with Crippen LogP contribution in [0.3, 0.4) is 0 Å². The lowest BCUT2D eigenvalue weighted by atomic mass is 9.76. The lowest BCUT2D eigenvalue weighted by molar-refractivity contribution is -0.135. The molecule has 7 nitrogen and oxygen atoms in total. The quantitative estimate of drug-likeness (QED) is 0.300. The first-order valence-corrected chi connectivity index (χ1v) is 16.9. The normalized spacial score (nSPS) is 19.8. The van der Waals surface area contributed by atoms with Crippen LogP contribution in [0.25, 0.3) is 0 Å². The third-order valence-corrected chi connectivity index (χ3v) is 10.7. The van der Waals surface area contributed by atoms with Gasteiger partial charge in [0.1, 0.15) is 12.4 Å². The molecule has 0 N–H and O–H groups in total. The highest BCUT2D eigenvalue weighted by Crippen LogP contribution is 2.46. The van der Waals surface area contributed by atoms with Gasteiger partial charge >= 0.3 is 0 Å². The molecule has 10 heteroatoms. The predicted octanol–water partition coefficient (Wildman–Crippen LogP) is 6.56. The van der Waals surface area contributed by atoms with Gasteiger partial charge in [-0.05, 0) is 108 Å². The average molecular weight is 718 g/mol. The number of likely N-dealkylation sites (tertiary alicyclic amines) is 2. The number of fused-ring (bicyclic) bond motifs is 2. The van der Waals surface area contributed by atoms with E-state index >= 15 is 0 Å². The smallest absolute Gasteiger partial charge is 0.242 e. The monoisotopic (exact) mass is 715 g/mol. The Bertz CT molecular complexity index is 1480. The summed E-state index contributed by atoms with van der Waals surface area (Å²) in [5, 5.41) is 0.753. The minimum Gasteiger partial charge on any atom is -0.343 e. The minimum absolute atomic E-state index is 0.125. The average Bonchev–Trinajstić information content (AvgIpc) is 3.30. The van der Waals surface area contributed by atoms with E-state index in [4.69, 9.17) is 16.6 Å². The van der Waals surface area contributed by atoms with Crippen molar-refractivity contribution in [2.45, 2.75) is 64.3 Å². The largest absolute Gasteiger partial charge is 0.343 e. The van der Waals surface area contributed by atoms with Crippen molar-refractivity contribution < 1.29 is 9.59 Å². The number of hydrogen-bond acceptors (Lipinski definition) is 4. The van der Waals surface area contributed by atoms with E-state index in [1.165, 1.54) is 16.7 Å². The van der Waals surface area contributed by atoms with Gasteiger partial charge in [0.05, 0.1) is 5.69 Å². The van der Waals surface area contributed by atoms with Gasteiger partial charge in [-0.1, -0.05) is 27.5 Å². The van der Waals surface area contributed by atoms with Crippen molar-refractivity contribution in [3.63, 3.8) is 0 Å². The van der Waals surface area contributed by atoms with Gasteiger partial charge in [-0.25, -0.2) is 4.98 Å². The van der Waals surface area contributed by atoms with Gasteiger partial charge < -0.3 is 14.4 Å². The van der Waals surface area contributed by atoms with Crippen LogP contribution in [0, 0.1) is 18.8 Å². The van der Waals surface area contributed by atoms with Gasteiger partial charge in [0.2, 0.25) is 11.8 Å². The molecule has 3 aromatic rings. The van der Waals surface area contributed by atoms with Crippen molar-refractivity contribution >= 4 is 55.3 Å². The fourth-order valence-corrected chi connectivity index (χ4v) is 8.59. The molecular formula is C32H36Br2ClN5O2. The van der Waals surface area contributed by atoms with Crippen LogP contribution in [0.4, 0.5) is 0 Å². The molecule has 1 aliphatic carbocycles. The highest BCUT2D eigenvalue weighted by molar-refractivity contribution is 9.10. The SMILES string of the molecule is Cc1nccn1CC(=O)N1CCC(CC(=O)N2CCC([C@H]3c4ncc(Br)cc4CCc4cc(Cl)cc(Br)c43)CC2)CC1. The first-order chi connectivity index (χ1) is 20.3. The van der Waals surface area contributed by atoms with E-state index < -0.39 is 0 Å². The Morgan fingerprint density at radius 1 is 0.929 bits per heavy atom. The summed E-state index contributed by atoms with van der Waals surface area (Å²) in [6.45, 7) is 5.22. The number of halogens is 3. The number of piperidine rings is 2. The van der Waals surface area contributed by atoms with Gasteiger partial charge in [-0.15, -0.1) is 0 Å². The molecule has 0 radical (unpaired) electrons. The highest BCUT2D eigenvalue weighted by atomic mass is 79.9. The number of imidazole rings is 1. The van der Waals surface area contributed by atoms with Gasteiger partial charge in [0.15, 0.2) is 0 Å². The lowest BCUT2D eigenvalue weighted by Crippen LogP contribution is -2.43. The second-order valence-corrected chi connectivity index (χ2v) is 14.2. The Morgan fingerprint density at radius 2 is 1.62 bits per heavy atom. The van der Waals surface area contributed by atoms with Crippen molar-refractivity contribution in [1.29, 1.82) is 0 Å². The number of carbonyl (C=O) groups excluding carboxylic acids is 2. The Kier molecular flexibility index (Phi) is 9.08. The van der Waals surface area contributed by atoms with Crippen LogP contribution >= 0.6 is 43.5 Å². The first-order valence-electron chi connectivity index (χ1n) is 14.9. The summed E-state index contributed by atoms with van der Waals surface area (Å²) in [5.74, 6) is 2.12. The first kappa shape index (κ1) is 29.8. The van der Waals surface area contributed by atoms with E-state index in [1.54, 1.807) is 6.20 Å². The molecule has 42 heavy (non-hydrogen) atoms. The van der Waals surface area contributed by atoms with E-state index in [0.29, 0.717) is 24.8 Å². The second kappa shape index (κ2) is 12.8. The number of aryl methyl sites for hydroxylation is 3. The van der Waals surface area contributed by atoms with Gasteiger partial charge in [-0.3, -0.25) is 14.6 Å². The summed E-state index contributed by atoms with van der Waals surface area (Å²) in [7, 11) is 0. The Labute approximate surface area is 269 Å². The molecule has 1 aromatic carbocycles. The van der Waals surface area contributed by atoms with Crippen LogP contribution < -0.4 is 0 Å². The molecule has 0 spiro atoms. The molecule has 222 valence electrons. The van der Waals surface area contributed by atoms with Crippen LogP contribution in [0.1, 0.15) is 66.2 Å². The van der Waals surface area contributed by atoms with E-state index in [0.717, 1.165) is 90.2 Å². The second-order valence-electron chi connectivity index (χ2n) is 12.0. The third-order valence-electron chi connectivity index (χ3n) is 9.44. The Morgan fingerprint density at radius 3 is 2.33 bits per heavy atom. The molecule has 6 rings (SSSR count). The standard InChI is InChI=1S/C32H36Br2ClN5O2/c1-20-36-8-13-40(20)19-29(42)39-9-4-21(5-10-39)14-28(41)38-11-6-22(7-12-38)31-30-23(16-26(35)17-27(30)34)2-3-24-15-25(33)18-37-32(24)31/h8,13,15-18,21-22,31H,2-7,9-12,14,19H2,1H3/t31-/m1/s1. The molecule has 0 unspecified atom stereocenters. The molecule has 0 saturated carbocycles. The zero-order valence-corrected chi connectivity index (χ0v) is 27.8. The highest BCUT2D eigenvalue weighted by Gasteiger charge is 2.37. The van der Waals surface area contributed by atoms with E-state index in [9.17, 15) is 9.59 Å². The number of pyridine rings is 1. The van der Waals surface area contributed by atoms with Crippen molar-refractivity contribution in [1.82, 2.24) is 24.3 Å². The number of amides is 2. The van der Waals surface area contributed by atoms with E-state index in [2.05, 4.69) is 53.9 Å². The van der Waals surface area contributed by atoms with Crippen molar-refractivity contribution in [3.05, 3.63) is 79.0 Å². The van der Waals surface area contributed by atoms with Gasteiger partial charge in [-0.2, -0.15) is 0 Å². The van der Waals surface area contributed by atoms with Crippen LogP contribution in [0.5, 0.6) is 0 Å². The number of benzene rings is 1. The lowest BCUT2D eigenvalue weighted by Gasteiger charge is -2.38. The summed E-state index contributed by atoms with van der Waals surface area (Å²) in [6.07, 6.45) is 11.6. The van der Waals surface area contributed by atoms with Crippen molar-refractivity contribution in [2.24, 2.45) is 11.8 Å². The maximum absolute atomic E-state index is 13.4. The molecule has 0 bridgehead atoms. The van der Waals surface area contributed by atoms with Gasteiger partial charge in [0, 0.05) is 71.1 Å². The number of aromatic nitrogens is 3. The molecule has 2 fully saturated rings. The van der Waals surface area contributed by atoms with Crippen LogP contribution in [0.2, 0.25) is 5.02 Å². The topological polar surface area (TPSA) is 71.3 Å². The van der Waals surface area contributed by atoms with Crippen LogP contribution in [0.15, 0.2) is 45.7 Å². The number of hydrogen-bond donors (Lipinski definition) is 0. The van der Waals surface area contributed by atoms with Crippen LogP contribution in [-0.2, 0) is 29.0 Å². The summed E-state index contributed by atoms with van der Waals surface area (Å²) >= 11 is 13.9. The Balaban J connectivity index is 1.07. The van der Waals surface area contributed by atoms with Gasteiger partial charge in [0.25, 0.3) is 0 Å². The fourth-order valence-electron chi connectivity index (χ4n) is 7.09. The summed E-state index contributed by atoms with van der Waals surface area (Å²) < 4.78 is 3.94. The molecule has 2 aromatic heterocycles. The Hall–Kier alpha value is -2.23. The van der Waals surface area contributed by atoms with Crippen molar-refractivity contribution in [3.8, 4) is 0 Å². The minimum atomic E-state index is 0.125. The molecule has 4 heterocycles. The fraction of sp³-hybridized carbons (Fsp3) is 0.500. The zero-order valence-electron chi connectivity index (χ0n) is 23.9. The molecule has 2 saturated heterocycles. The third kappa shape index (κ3) is 6.34. The van der Waals surface area contributed by atoms with Crippen LogP contribution in [-0.4, -0.2) is 62.3 Å². The maximum atomic E-state index is 13.4. The number of carbonyl (C=O) groups is 2. The van der Waals surface area contributed by atoms with Crippen molar-refractivity contribution in [2.75, 3.05) is 26.2 Å². The molecule has 1 atom stereocenters. The summed E-state index contributed by atoms with van der Waals surface area (Å²) in [6, 6.07) is 6.34. The molecular weight excluding hydrogens is 682 g/mol. The summed E-state index contributed by atoms with van der Waals surface area (Å²) in [5.41, 5.74) is 5.05. The van der Waals surface area contributed by atoms with E-state index in [-0.39, 0.29) is 17.7 Å². The summed E-state index contributed by atoms with van der Waals surface area (Å²) in [4.78, 5) is 39.3. The number of rotatable bonds is 5. The number of nitrogens with zero attached hydrogens (tertiary/aromatic N) is 5. The molecule has 2 aliphatic heterocycles. The zero-order chi connectivity index (χ0) is 29.4. The molecule has 2 amide bonds. The predicted molar refractivity (Wildman–Crippen MR) is 171 cm³/mol. The molecule has 3 aliphatic rings. The van der Waals surface area contributed by atoms with E-state index in [1.807, 2.05) is 34.9 Å².